The number of nitrogens with zero attached hydrogens (tertiary/aromatic N) is 4. The van der Waals surface area contributed by atoms with E-state index in [9.17, 15) is 9.59 Å². The molecule has 0 aliphatic heterocycles. The Morgan fingerprint density at radius 2 is 1.72 bits per heavy atom. The number of fused-ring (bicyclic) bond motifs is 1. The largest absolute Gasteiger partial charge is 0.351 e. The van der Waals surface area contributed by atoms with E-state index in [1.54, 1.807) is 12.1 Å². The number of hydrogen-bond acceptors (Lipinski definition) is 4. The Labute approximate surface area is 208 Å². The summed E-state index contributed by atoms with van der Waals surface area (Å²) in [5, 5.41) is 11.4. The van der Waals surface area contributed by atoms with Crippen LogP contribution in [0.4, 0.5) is 10.1 Å². The molecule has 2 amide bonds. The Balaban J connectivity index is 1.60. The quantitative estimate of drug-likeness (QED) is 0.411. The number of halogens is 1. The molecule has 5 rings (SSSR count). The Hall–Kier alpha value is -4.07. The minimum absolute atomic E-state index is 0.0425. The van der Waals surface area contributed by atoms with Crippen molar-refractivity contribution in [1.29, 1.82) is 0 Å². The van der Waals surface area contributed by atoms with E-state index in [4.69, 9.17) is 0 Å². The number of aryl methyl sites for hydroxylation is 1. The second-order valence-electron chi connectivity index (χ2n) is 9.20. The molecule has 1 saturated carbocycles. The zero-order chi connectivity index (χ0) is 25.1. The highest BCUT2D eigenvalue weighted by Gasteiger charge is 2.36. The maximum absolute atomic E-state index is 15.2. The van der Waals surface area contributed by atoms with Gasteiger partial charge in [0.1, 0.15) is 23.9 Å². The van der Waals surface area contributed by atoms with Gasteiger partial charge in [-0.3, -0.25) is 14.5 Å². The van der Waals surface area contributed by atoms with Gasteiger partial charge in [0.2, 0.25) is 11.8 Å². The maximum atomic E-state index is 15.2. The highest BCUT2D eigenvalue weighted by atomic mass is 19.1. The molecular weight excluding hydrogens is 457 g/mol. The van der Waals surface area contributed by atoms with Crippen molar-refractivity contribution in [3.8, 4) is 0 Å². The van der Waals surface area contributed by atoms with Gasteiger partial charge >= 0.3 is 0 Å². The van der Waals surface area contributed by atoms with Crippen LogP contribution >= 0.6 is 0 Å². The van der Waals surface area contributed by atoms with Crippen LogP contribution < -0.4 is 10.2 Å². The van der Waals surface area contributed by atoms with Crippen molar-refractivity contribution in [2.75, 3.05) is 4.90 Å². The second kappa shape index (κ2) is 10.3. The van der Waals surface area contributed by atoms with Crippen LogP contribution in [0, 0.1) is 12.7 Å². The van der Waals surface area contributed by atoms with Crippen molar-refractivity contribution in [3.63, 3.8) is 0 Å². The van der Waals surface area contributed by atoms with Gasteiger partial charge in [0.15, 0.2) is 0 Å². The number of benzene rings is 3. The van der Waals surface area contributed by atoms with Crippen LogP contribution in [0.15, 0.2) is 72.8 Å². The van der Waals surface area contributed by atoms with Crippen molar-refractivity contribution >= 4 is 28.5 Å². The Morgan fingerprint density at radius 1 is 1.03 bits per heavy atom. The highest BCUT2D eigenvalue weighted by Crippen LogP contribution is 2.33. The Bertz CT molecular complexity index is 1400. The summed E-state index contributed by atoms with van der Waals surface area (Å²) in [5.41, 5.74) is 2.86. The molecule has 1 fully saturated rings. The predicted octanol–water partition coefficient (Wildman–Crippen LogP) is 4.71. The van der Waals surface area contributed by atoms with Crippen LogP contribution in [0.3, 0.4) is 0 Å². The highest BCUT2D eigenvalue weighted by molar-refractivity contribution is 6.01. The zero-order valence-corrected chi connectivity index (χ0v) is 20.1. The fourth-order valence-electron chi connectivity index (χ4n) is 4.94. The summed E-state index contributed by atoms with van der Waals surface area (Å²) in [7, 11) is 0. The Morgan fingerprint density at radius 3 is 2.50 bits per heavy atom. The van der Waals surface area contributed by atoms with E-state index in [1.807, 2.05) is 55.5 Å². The molecule has 0 spiro atoms. The van der Waals surface area contributed by atoms with Crippen molar-refractivity contribution in [2.45, 2.75) is 51.2 Å². The molecule has 7 nitrogen and oxygen atoms in total. The van der Waals surface area contributed by atoms with Gasteiger partial charge in [0.05, 0.1) is 11.2 Å². The van der Waals surface area contributed by atoms with E-state index in [0.717, 1.165) is 31.2 Å². The van der Waals surface area contributed by atoms with Crippen LogP contribution in [0.1, 0.15) is 42.9 Å². The van der Waals surface area contributed by atoms with Crippen molar-refractivity contribution in [1.82, 2.24) is 20.3 Å². The molecule has 0 bridgehead atoms. The number of hydrogen-bond donors (Lipinski definition) is 1. The first kappa shape index (κ1) is 23.7. The summed E-state index contributed by atoms with van der Waals surface area (Å²) in [6.45, 7) is 1.69. The Kier molecular flexibility index (Phi) is 6.75. The van der Waals surface area contributed by atoms with Crippen LogP contribution in [0.2, 0.25) is 0 Å². The summed E-state index contributed by atoms with van der Waals surface area (Å²) in [6.07, 6.45) is 3.89. The minimum Gasteiger partial charge on any atom is -0.351 e. The number of aromatic nitrogens is 3. The number of carbonyl (C=O) groups excluding carboxylic acids is 2. The average Bonchev–Trinajstić information content (AvgIpc) is 3.54. The van der Waals surface area contributed by atoms with E-state index in [-0.39, 0.29) is 24.2 Å². The van der Waals surface area contributed by atoms with Gasteiger partial charge in [-0.05, 0) is 55.2 Å². The van der Waals surface area contributed by atoms with Crippen molar-refractivity contribution in [2.24, 2.45) is 0 Å². The molecular formula is C28H28FN5O2. The van der Waals surface area contributed by atoms with Gasteiger partial charge < -0.3 is 5.32 Å². The summed E-state index contributed by atoms with van der Waals surface area (Å²) in [4.78, 5) is 29.1. The van der Waals surface area contributed by atoms with Gasteiger partial charge in [-0.25, -0.2) is 9.07 Å². The van der Waals surface area contributed by atoms with E-state index in [0.29, 0.717) is 16.6 Å². The molecule has 0 radical (unpaired) electrons. The summed E-state index contributed by atoms with van der Waals surface area (Å²) in [6, 6.07) is 19.8. The number of para-hydroxylation sites is 2. The van der Waals surface area contributed by atoms with E-state index >= 15 is 4.39 Å². The van der Waals surface area contributed by atoms with E-state index in [2.05, 4.69) is 15.6 Å². The number of nitrogens with one attached hydrogen (secondary N) is 1. The van der Waals surface area contributed by atoms with Gasteiger partial charge in [0.25, 0.3) is 0 Å². The molecule has 36 heavy (non-hydrogen) atoms. The standard InChI is InChI=1S/C28H28FN5O2/c1-19-10-2-5-13-21(19)27(28(36)30-20-11-3-4-12-20)34(24-16-8-6-14-22(24)29)26(35)18-33-25-17-9-7-15-23(25)31-32-33/h2,5-10,13-17,20,27H,3-4,11-12,18H2,1H3,(H,30,36)/t27-/m1/s1. The molecule has 0 unspecified atom stereocenters. The lowest BCUT2D eigenvalue weighted by Crippen LogP contribution is -2.47. The molecule has 0 saturated heterocycles. The number of carbonyl (C=O) groups is 2. The summed E-state index contributed by atoms with van der Waals surface area (Å²) < 4.78 is 16.7. The molecule has 1 heterocycles. The molecule has 1 aliphatic carbocycles. The number of amides is 2. The smallest absolute Gasteiger partial charge is 0.249 e. The lowest BCUT2D eigenvalue weighted by atomic mass is 9.97. The number of rotatable bonds is 7. The lowest BCUT2D eigenvalue weighted by Gasteiger charge is -2.33. The van der Waals surface area contributed by atoms with Crippen LogP contribution in [-0.4, -0.2) is 32.9 Å². The number of anilines is 1. The molecule has 1 atom stereocenters. The lowest BCUT2D eigenvalue weighted by molar-refractivity contribution is -0.127. The minimum atomic E-state index is -1.05. The maximum Gasteiger partial charge on any atom is 0.249 e. The van der Waals surface area contributed by atoms with Crippen LogP contribution in [-0.2, 0) is 16.1 Å². The molecule has 3 aromatic carbocycles. The topological polar surface area (TPSA) is 80.1 Å². The molecule has 4 aromatic rings. The monoisotopic (exact) mass is 485 g/mol. The third-order valence-electron chi connectivity index (χ3n) is 6.78. The zero-order valence-electron chi connectivity index (χ0n) is 20.1. The third-order valence-corrected chi connectivity index (χ3v) is 6.78. The first-order chi connectivity index (χ1) is 17.5. The van der Waals surface area contributed by atoms with Gasteiger partial charge in [-0.1, -0.05) is 66.6 Å². The fraction of sp³-hybridized carbons (Fsp3) is 0.286. The molecule has 1 aromatic heterocycles. The predicted molar refractivity (Wildman–Crippen MR) is 136 cm³/mol. The van der Waals surface area contributed by atoms with Gasteiger partial charge in [-0.15, -0.1) is 5.10 Å². The van der Waals surface area contributed by atoms with E-state index in [1.165, 1.54) is 21.7 Å². The summed E-state index contributed by atoms with van der Waals surface area (Å²) >= 11 is 0. The van der Waals surface area contributed by atoms with Gasteiger partial charge in [-0.2, -0.15) is 0 Å². The molecule has 1 N–H and O–H groups in total. The first-order valence-corrected chi connectivity index (χ1v) is 12.2. The average molecular weight is 486 g/mol. The van der Waals surface area contributed by atoms with Crippen molar-refractivity contribution < 1.29 is 14.0 Å². The fourth-order valence-corrected chi connectivity index (χ4v) is 4.94. The molecule has 1 aliphatic rings. The summed E-state index contributed by atoms with van der Waals surface area (Å²) in [5.74, 6) is -1.37. The van der Waals surface area contributed by atoms with Crippen LogP contribution in [0.5, 0.6) is 0 Å². The first-order valence-electron chi connectivity index (χ1n) is 12.2. The SMILES string of the molecule is Cc1ccccc1[C@H](C(=O)NC1CCCC1)N(C(=O)Cn1nnc2ccccc21)c1ccccc1F. The molecule has 184 valence electrons. The van der Waals surface area contributed by atoms with E-state index < -0.39 is 17.8 Å². The molecule has 8 heteroatoms. The third kappa shape index (κ3) is 4.71. The van der Waals surface area contributed by atoms with Gasteiger partial charge in [0, 0.05) is 6.04 Å². The van der Waals surface area contributed by atoms with Crippen LogP contribution in [0.25, 0.3) is 11.0 Å². The normalized spacial score (nSPS) is 14.6. The second-order valence-corrected chi connectivity index (χ2v) is 9.20. The van der Waals surface area contributed by atoms with Crippen molar-refractivity contribution in [3.05, 3.63) is 89.7 Å².